The van der Waals surface area contributed by atoms with E-state index < -0.39 is 5.60 Å². The Bertz CT molecular complexity index is 389. The van der Waals surface area contributed by atoms with Crippen molar-refractivity contribution in [1.82, 2.24) is 0 Å². The van der Waals surface area contributed by atoms with Crippen LogP contribution < -0.4 is 5.73 Å². The van der Waals surface area contributed by atoms with Crippen LogP contribution in [-0.2, 0) is 11.2 Å². The zero-order valence-corrected chi connectivity index (χ0v) is 11.2. The Kier molecular flexibility index (Phi) is 6.02. The first kappa shape index (κ1) is 15.4. The van der Waals surface area contributed by atoms with Crippen molar-refractivity contribution >= 4 is 11.6 Å². The molecule has 1 unspecified atom stereocenters. The van der Waals surface area contributed by atoms with Crippen molar-refractivity contribution in [1.29, 1.82) is 0 Å². The quantitative estimate of drug-likeness (QED) is 0.802. The van der Waals surface area contributed by atoms with Gasteiger partial charge in [0.05, 0.1) is 12.2 Å². The van der Waals surface area contributed by atoms with Gasteiger partial charge < -0.3 is 15.6 Å². The second kappa shape index (κ2) is 7.04. The summed E-state index contributed by atoms with van der Waals surface area (Å²) in [6.07, 6.45) is 1.41. The van der Waals surface area contributed by atoms with E-state index in [0.29, 0.717) is 30.0 Å². The van der Waals surface area contributed by atoms with Gasteiger partial charge in [0.1, 0.15) is 5.82 Å². The number of aliphatic hydroxyl groups is 1. The maximum absolute atomic E-state index is 13.2. The lowest BCUT2D eigenvalue weighted by atomic mass is 9.90. The normalized spacial score (nSPS) is 14.5. The molecule has 0 aliphatic heterocycles. The molecular weight excluding hydrogens is 257 g/mol. The molecule has 0 radical (unpaired) electrons. The third-order valence-electron chi connectivity index (χ3n) is 2.79. The summed E-state index contributed by atoms with van der Waals surface area (Å²) in [4.78, 5) is 0. The lowest BCUT2D eigenvalue weighted by Gasteiger charge is -2.27. The van der Waals surface area contributed by atoms with Crippen molar-refractivity contribution in [2.24, 2.45) is 5.73 Å². The highest BCUT2D eigenvalue weighted by Gasteiger charge is 2.27. The van der Waals surface area contributed by atoms with Crippen molar-refractivity contribution in [2.75, 3.05) is 20.3 Å². The van der Waals surface area contributed by atoms with E-state index in [1.54, 1.807) is 0 Å². The van der Waals surface area contributed by atoms with Gasteiger partial charge in [-0.15, -0.1) is 0 Å². The van der Waals surface area contributed by atoms with Gasteiger partial charge in [-0.1, -0.05) is 11.6 Å². The smallest absolute Gasteiger partial charge is 0.123 e. The van der Waals surface area contributed by atoms with Gasteiger partial charge in [0.25, 0.3) is 0 Å². The van der Waals surface area contributed by atoms with Crippen LogP contribution in [0.3, 0.4) is 0 Å². The second-order valence-electron chi connectivity index (χ2n) is 4.46. The maximum Gasteiger partial charge on any atom is 0.123 e. The molecule has 3 nitrogen and oxygen atoms in total. The first-order chi connectivity index (χ1) is 8.50. The fourth-order valence-electron chi connectivity index (χ4n) is 1.94. The number of ether oxygens (including phenoxy) is 1. The average Bonchev–Trinajstić information content (AvgIpc) is 2.32. The molecule has 18 heavy (non-hydrogen) atoms. The van der Waals surface area contributed by atoms with Crippen molar-refractivity contribution in [3.8, 4) is 0 Å². The molecule has 0 amide bonds. The molecule has 5 heteroatoms. The minimum absolute atomic E-state index is 0.167. The molecule has 0 saturated heterocycles. The SMILES string of the molecule is COCC(O)(CCCN)Cc1cc(F)ccc1Cl. The summed E-state index contributed by atoms with van der Waals surface area (Å²) >= 11 is 5.99. The number of hydrogen-bond donors (Lipinski definition) is 2. The Morgan fingerprint density at radius 2 is 2.22 bits per heavy atom. The minimum atomic E-state index is -1.06. The minimum Gasteiger partial charge on any atom is -0.387 e. The summed E-state index contributed by atoms with van der Waals surface area (Å²) in [6.45, 7) is 0.656. The van der Waals surface area contributed by atoms with E-state index in [2.05, 4.69) is 0 Å². The third-order valence-corrected chi connectivity index (χ3v) is 3.16. The monoisotopic (exact) mass is 275 g/mol. The van der Waals surface area contributed by atoms with Gasteiger partial charge >= 0.3 is 0 Å². The Morgan fingerprint density at radius 3 is 2.83 bits per heavy atom. The fourth-order valence-corrected chi connectivity index (χ4v) is 2.13. The van der Waals surface area contributed by atoms with Gasteiger partial charge in [0.15, 0.2) is 0 Å². The number of hydrogen-bond acceptors (Lipinski definition) is 3. The van der Waals surface area contributed by atoms with Crippen LogP contribution in [-0.4, -0.2) is 31.0 Å². The van der Waals surface area contributed by atoms with E-state index in [4.69, 9.17) is 22.1 Å². The van der Waals surface area contributed by atoms with Crippen LogP contribution in [0, 0.1) is 5.82 Å². The zero-order valence-electron chi connectivity index (χ0n) is 10.5. The molecule has 0 heterocycles. The van der Waals surface area contributed by atoms with Crippen LogP contribution in [0.2, 0.25) is 5.02 Å². The molecule has 1 rings (SSSR count). The van der Waals surface area contributed by atoms with Gasteiger partial charge in [-0.25, -0.2) is 4.39 Å². The van der Waals surface area contributed by atoms with Crippen molar-refractivity contribution in [3.63, 3.8) is 0 Å². The Balaban J connectivity index is 2.84. The molecular formula is C13H19ClFNO2. The topological polar surface area (TPSA) is 55.5 Å². The lowest BCUT2D eigenvalue weighted by molar-refractivity contribution is -0.0375. The van der Waals surface area contributed by atoms with Crippen molar-refractivity contribution < 1.29 is 14.2 Å². The zero-order chi connectivity index (χ0) is 13.6. The largest absolute Gasteiger partial charge is 0.387 e. The van der Waals surface area contributed by atoms with Gasteiger partial charge in [0, 0.05) is 18.6 Å². The number of benzene rings is 1. The Hall–Kier alpha value is -0.680. The van der Waals surface area contributed by atoms with Gasteiger partial charge in [-0.05, 0) is 43.1 Å². The van der Waals surface area contributed by atoms with E-state index in [-0.39, 0.29) is 18.8 Å². The lowest BCUT2D eigenvalue weighted by Crippen LogP contribution is -2.37. The van der Waals surface area contributed by atoms with E-state index in [1.165, 1.54) is 25.3 Å². The summed E-state index contributed by atoms with van der Waals surface area (Å²) < 4.78 is 18.2. The highest BCUT2D eigenvalue weighted by atomic mass is 35.5. The summed E-state index contributed by atoms with van der Waals surface area (Å²) in [6, 6.07) is 4.12. The first-order valence-electron chi connectivity index (χ1n) is 5.86. The summed E-state index contributed by atoms with van der Waals surface area (Å²) in [5.74, 6) is -0.368. The predicted molar refractivity (Wildman–Crippen MR) is 70.2 cm³/mol. The third kappa shape index (κ3) is 4.53. The molecule has 0 saturated carbocycles. The van der Waals surface area contributed by atoms with E-state index in [9.17, 15) is 9.50 Å². The molecule has 1 atom stereocenters. The molecule has 1 aromatic rings. The molecule has 1 aromatic carbocycles. The van der Waals surface area contributed by atoms with E-state index in [1.807, 2.05) is 0 Å². The first-order valence-corrected chi connectivity index (χ1v) is 6.24. The van der Waals surface area contributed by atoms with Crippen LogP contribution in [0.15, 0.2) is 18.2 Å². The fraction of sp³-hybridized carbons (Fsp3) is 0.538. The highest BCUT2D eigenvalue weighted by molar-refractivity contribution is 6.31. The number of rotatable bonds is 7. The van der Waals surface area contributed by atoms with Gasteiger partial charge in [0.2, 0.25) is 0 Å². The number of methoxy groups -OCH3 is 1. The summed E-state index contributed by atoms with van der Waals surface area (Å²) in [5.41, 5.74) is 4.95. The van der Waals surface area contributed by atoms with Crippen LogP contribution in [0.5, 0.6) is 0 Å². The summed E-state index contributed by atoms with van der Waals surface area (Å²) in [5, 5.41) is 10.9. The molecule has 0 bridgehead atoms. The molecule has 0 aromatic heterocycles. The van der Waals surface area contributed by atoms with Crippen LogP contribution >= 0.6 is 11.6 Å². The molecule has 102 valence electrons. The Morgan fingerprint density at radius 1 is 1.50 bits per heavy atom. The number of nitrogens with two attached hydrogens (primary N) is 1. The molecule has 3 N–H and O–H groups in total. The second-order valence-corrected chi connectivity index (χ2v) is 4.87. The van der Waals surface area contributed by atoms with Crippen molar-refractivity contribution in [2.45, 2.75) is 24.9 Å². The standard InChI is InChI=1S/C13H19ClFNO2/c1-18-9-13(17,5-2-6-16)8-10-7-11(15)3-4-12(10)14/h3-4,7,17H,2,5-6,8-9,16H2,1H3. The van der Waals surface area contributed by atoms with Crippen LogP contribution in [0.1, 0.15) is 18.4 Å². The van der Waals surface area contributed by atoms with E-state index >= 15 is 0 Å². The molecule has 0 spiro atoms. The number of halogens is 2. The summed E-state index contributed by atoms with van der Waals surface area (Å²) in [7, 11) is 1.51. The molecule has 0 aliphatic carbocycles. The Labute approximate surface area is 112 Å². The van der Waals surface area contributed by atoms with Gasteiger partial charge in [-0.2, -0.15) is 0 Å². The highest BCUT2D eigenvalue weighted by Crippen LogP contribution is 2.25. The molecule has 0 fully saturated rings. The van der Waals surface area contributed by atoms with Crippen molar-refractivity contribution in [3.05, 3.63) is 34.6 Å². The maximum atomic E-state index is 13.2. The van der Waals surface area contributed by atoms with Crippen LogP contribution in [0.25, 0.3) is 0 Å². The van der Waals surface area contributed by atoms with Gasteiger partial charge in [-0.3, -0.25) is 0 Å². The molecule has 0 aliphatic rings. The van der Waals surface area contributed by atoms with Crippen LogP contribution in [0.4, 0.5) is 4.39 Å². The van der Waals surface area contributed by atoms with E-state index in [0.717, 1.165) is 0 Å². The average molecular weight is 276 g/mol. The predicted octanol–water partition coefficient (Wildman–Crippen LogP) is 2.14.